The Morgan fingerprint density at radius 1 is 1.00 bits per heavy atom. The van der Waals surface area contributed by atoms with E-state index in [9.17, 15) is 0 Å². The summed E-state index contributed by atoms with van der Waals surface area (Å²) in [5, 5.41) is 0. The van der Waals surface area contributed by atoms with Crippen LogP contribution in [0.4, 0.5) is 0 Å². The molecule has 1 heterocycles. The number of nitrogens with two attached hydrogens (primary N) is 1. The summed E-state index contributed by atoms with van der Waals surface area (Å²) in [4.78, 5) is 0. The van der Waals surface area contributed by atoms with Gasteiger partial charge in [0.25, 0.3) is 0 Å². The highest BCUT2D eigenvalue weighted by atomic mass is 16.5. The van der Waals surface area contributed by atoms with Crippen molar-refractivity contribution < 1.29 is 4.74 Å². The van der Waals surface area contributed by atoms with Gasteiger partial charge in [-0.1, -0.05) is 32.1 Å². The Bertz CT molecular complexity index is 203. The summed E-state index contributed by atoms with van der Waals surface area (Å²) >= 11 is 0. The third-order valence-electron chi connectivity index (χ3n) is 4.87. The second-order valence-corrected chi connectivity index (χ2v) is 6.15. The van der Waals surface area contributed by atoms with Crippen molar-refractivity contribution in [2.45, 2.75) is 76.7 Å². The van der Waals surface area contributed by atoms with Gasteiger partial charge in [0.2, 0.25) is 0 Å². The zero-order valence-electron chi connectivity index (χ0n) is 11.3. The van der Waals surface area contributed by atoms with Crippen LogP contribution in [0.15, 0.2) is 0 Å². The van der Waals surface area contributed by atoms with Crippen LogP contribution in [0.25, 0.3) is 0 Å². The van der Waals surface area contributed by atoms with Crippen molar-refractivity contribution in [3.05, 3.63) is 0 Å². The molecule has 2 fully saturated rings. The lowest BCUT2D eigenvalue weighted by atomic mass is 9.72. The summed E-state index contributed by atoms with van der Waals surface area (Å²) in [5.41, 5.74) is 6.55. The molecule has 1 aliphatic heterocycles. The maximum Gasteiger partial charge on any atom is 0.0576 e. The molecule has 0 aromatic carbocycles. The lowest BCUT2D eigenvalue weighted by Crippen LogP contribution is -2.32. The first-order valence-electron chi connectivity index (χ1n) is 7.66. The zero-order valence-corrected chi connectivity index (χ0v) is 11.3. The molecule has 2 N–H and O–H groups in total. The average molecular weight is 239 g/mol. The standard InChI is InChI=1S/C15H29NO/c16-13-15(9-4-2-1-3-5-10-15)11-8-14-7-6-12-17-14/h14H,1-13,16H2. The second kappa shape index (κ2) is 6.75. The predicted molar refractivity (Wildman–Crippen MR) is 72.0 cm³/mol. The van der Waals surface area contributed by atoms with Crippen LogP contribution in [0.2, 0.25) is 0 Å². The van der Waals surface area contributed by atoms with Crippen LogP contribution in [0.1, 0.15) is 70.6 Å². The normalized spacial score (nSPS) is 29.8. The van der Waals surface area contributed by atoms with Gasteiger partial charge in [0.05, 0.1) is 6.10 Å². The van der Waals surface area contributed by atoms with E-state index in [1.165, 1.54) is 70.6 Å². The van der Waals surface area contributed by atoms with E-state index in [1.807, 2.05) is 0 Å². The van der Waals surface area contributed by atoms with Gasteiger partial charge in [0.1, 0.15) is 0 Å². The van der Waals surface area contributed by atoms with Crippen molar-refractivity contribution in [2.75, 3.05) is 13.2 Å². The first-order chi connectivity index (χ1) is 8.35. The molecule has 0 spiro atoms. The topological polar surface area (TPSA) is 35.2 Å². The Balaban J connectivity index is 1.82. The van der Waals surface area contributed by atoms with Crippen molar-refractivity contribution in [1.82, 2.24) is 0 Å². The summed E-state index contributed by atoms with van der Waals surface area (Å²) in [5.74, 6) is 0. The minimum atomic E-state index is 0.451. The van der Waals surface area contributed by atoms with Crippen LogP contribution in [0.5, 0.6) is 0 Å². The highest BCUT2D eigenvalue weighted by Gasteiger charge is 2.30. The molecular weight excluding hydrogens is 210 g/mol. The van der Waals surface area contributed by atoms with Crippen molar-refractivity contribution in [2.24, 2.45) is 11.1 Å². The van der Waals surface area contributed by atoms with Gasteiger partial charge >= 0.3 is 0 Å². The van der Waals surface area contributed by atoms with Crippen molar-refractivity contribution in [3.8, 4) is 0 Å². The molecule has 2 aliphatic rings. The molecule has 0 aromatic rings. The molecule has 0 amide bonds. The number of ether oxygens (including phenoxy) is 1. The van der Waals surface area contributed by atoms with Gasteiger partial charge in [-0.15, -0.1) is 0 Å². The Hall–Kier alpha value is -0.0800. The molecule has 2 heteroatoms. The van der Waals surface area contributed by atoms with E-state index in [0.29, 0.717) is 11.5 Å². The lowest BCUT2D eigenvalue weighted by molar-refractivity contribution is 0.0819. The third kappa shape index (κ3) is 3.96. The molecule has 2 rings (SSSR count). The second-order valence-electron chi connectivity index (χ2n) is 6.15. The maximum atomic E-state index is 6.10. The van der Waals surface area contributed by atoms with Crippen molar-refractivity contribution in [3.63, 3.8) is 0 Å². The van der Waals surface area contributed by atoms with Crippen LogP contribution in [0.3, 0.4) is 0 Å². The summed E-state index contributed by atoms with van der Waals surface area (Å²) in [6.45, 7) is 1.88. The largest absolute Gasteiger partial charge is 0.378 e. The molecule has 1 saturated heterocycles. The maximum absolute atomic E-state index is 6.10. The lowest BCUT2D eigenvalue weighted by Gasteiger charge is -2.35. The quantitative estimate of drug-likeness (QED) is 0.813. The molecule has 17 heavy (non-hydrogen) atoms. The summed E-state index contributed by atoms with van der Waals surface area (Å²) in [6, 6.07) is 0. The van der Waals surface area contributed by atoms with E-state index in [0.717, 1.165) is 13.2 Å². The molecule has 1 atom stereocenters. The van der Waals surface area contributed by atoms with E-state index >= 15 is 0 Å². The van der Waals surface area contributed by atoms with Crippen LogP contribution < -0.4 is 5.73 Å². The summed E-state index contributed by atoms with van der Waals surface area (Å²) < 4.78 is 5.75. The summed E-state index contributed by atoms with van der Waals surface area (Å²) in [7, 11) is 0. The van der Waals surface area contributed by atoms with Crippen LogP contribution in [-0.4, -0.2) is 19.3 Å². The molecule has 100 valence electrons. The van der Waals surface area contributed by atoms with Gasteiger partial charge in [-0.25, -0.2) is 0 Å². The number of hydrogen-bond donors (Lipinski definition) is 1. The number of hydrogen-bond acceptors (Lipinski definition) is 2. The highest BCUT2D eigenvalue weighted by Crippen LogP contribution is 2.38. The zero-order chi connectivity index (χ0) is 12.0. The fourth-order valence-corrected chi connectivity index (χ4v) is 3.55. The monoisotopic (exact) mass is 239 g/mol. The van der Waals surface area contributed by atoms with Crippen LogP contribution in [0, 0.1) is 5.41 Å². The van der Waals surface area contributed by atoms with Crippen molar-refractivity contribution in [1.29, 1.82) is 0 Å². The SMILES string of the molecule is NCC1(CCC2CCCO2)CCCCCCC1. The number of rotatable bonds is 4. The molecule has 1 aliphatic carbocycles. The van der Waals surface area contributed by atoms with Gasteiger partial charge < -0.3 is 10.5 Å². The van der Waals surface area contributed by atoms with Gasteiger partial charge in [-0.3, -0.25) is 0 Å². The highest BCUT2D eigenvalue weighted by molar-refractivity contribution is 4.83. The molecule has 0 aromatic heterocycles. The van der Waals surface area contributed by atoms with Gasteiger partial charge in [0, 0.05) is 6.61 Å². The predicted octanol–water partition coefficient (Wildman–Crippen LogP) is 3.64. The molecule has 0 bridgehead atoms. The minimum absolute atomic E-state index is 0.451. The smallest absolute Gasteiger partial charge is 0.0576 e. The van der Waals surface area contributed by atoms with Crippen LogP contribution in [-0.2, 0) is 4.74 Å². The molecule has 0 radical (unpaired) electrons. The van der Waals surface area contributed by atoms with E-state index in [-0.39, 0.29) is 0 Å². The average Bonchev–Trinajstić information content (AvgIpc) is 2.82. The van der Waals surface area contributed by atoms with Crippen LogP contribution >= 0.6 is 0 Å². The first-order valence-corrected chi connectivity index (χ1v) is 7.66. The Labute approximate surface area is 106 Å². The van der Waals surface area contributed by atoms with E-state index in [1.54, 1.807) is 0 Å². The van der Waals surface area contributed by atoms with Crippen molar-refractivity contribution >= 4 is 0 Å². The fourth-order valence-electron chi connectivity index (χ4n) is 3.55. The molecule has 1 unspecified atom stereocenters. The Morgan fingerprint density at radius 2 is 1.71 bits per heavy atom. The van der Waals surface area contributed by atoms with Gasteiger partial charge in [-0.2, -0.15) is 0 Å². The summed E-state index contributed by atoms with van der Waals surface area (Å²) in [6.07, 6.45) is 15.4. The Morgan fingerprint density at radius 3 is 2.29 bits per heavy atom. The van der Waals surface area contributed by atoms with Gasteiger partial charge in [0.15, 0.2) is 0 Å². The van der Waals surface area contributed by atoms with E-state index in [2.05, 4.69) is 0 Å². The van der Waals surface area contributed by atoms with Gasteiger partial charge in [-0.05, 0) is 50.5 Å². The van der Waals surface area contributed by atoms with E-state index in [4.69, 9.17) is 10.5 Å². The molecular formula is C15H29NO. The van der Waals surface area contributed by atoms with E-state index < -0.39 is 0 Å². The third-order valence-corrected chi connectivity index (χ3v) is 4.87. The molecule has 2 nitrogen and oxygen atoms in total. The minimum Gasteiger partial charge on any atom is -0.378 e. The Kier molecular flexibility index (Phi) is 5.30. The fraction of sp³-hybridized carbons (Fsp3) is 1.00. The first kappa shape index (κ1) is 13.4. The molecule has 1 saturated carbocycles.